The Kier molecular flexibility index (Phi) is 3.86. The van der Waals surface area contributed by atoms with E-state index in [1.54, 1.807) is 0 Å². The van der Waals surface area contributed by atoms with Gasteiger partial charge in [-0.1, -0.05) is 0 Å². The van der Waals surface area contributed by atoms with Gasteiger partial charge in [0.1, 0.15) is 5.01 Å². The van der Waals surface area contributed by atoms with E-state index in [4.69, 9.17) is 0 Å². The Labute approximate surface area is 106 Å². The molecule has 1 aromatic heterocycles. The standard InChI is InChI=1S/C10H12F3N3OS/c11-10(12,13)7-5-18-8(16-7)4-15-9(17)6-1-2-14-3-6/h5-6,14H,1-4H2,(H,15,17). The predicted octanol–water partition coefficient (Wildman–Crippen LogP) is 1.39. The van der Waals surface area contributed by atoms with Crippen LogP contribution < -0.4 is 10.6 Å². The van der Waals surface area contributed by atoms with Crippen LogP contribution in [-0.4, -0.2) is 24.0 Å². The van der Waals surface area contributed by atoms with E-state index < -0.39 is 11.9 Å². The van der Waals surface area contributed by atoms with E-state index in [0.29, 0.717) is 6.54 Å². The van der Waals surface area contributed by atoms with Gasteiger partial charge < -0.3 is 10.6 Å². The molecule has 0 saturated carbocycles. The molecule has 18 heavy (non-hydrogen) atoms. The van der Waals surface area contributed by atoms with E-state index in [1.807, 2.05) is 0 Å². The molecule has 2 heterocycles. The van der Waals surface area contributed by atoms with Gasteiger partial charge in [0.2, 0.25) is 5.91 Å². The summed E-state index contributed by atoms with van der Waals surface area (Å²) in [6.45, 7) is 1.47. The van der Waals surface area contributed by atoms with Crippen LogP contribution in [-0.2, 0) is 17.5 Å². The molecular weight excluding hydrogens is 267 g/mol. The topological polar surface area (TPSA) is 54.0 Å². The van der Waals surface area contributed by atoms with E-state index in [-0.39, 0.29) is 23.4 Å². The number of carbonyl (C=O) groups excluding carboxylic acids is 1. The molecule has 1 fully saturated rings. The van der Waals surface area contributed by atoms with Crippen molar-refractivity contribution in [2.45, 2.75) is 19.1 Å². The quantitative estimate of drug-likeness (QED) is 0.879. The summed E-state index contributed by atoms with van der Waals surface area (Å²) in [5, 5.41) is 6.88. The van der Waals surface area contributed by atoms with Crippen LogP contribution in [0.15, 0.2) is 5.38 Å². The number of nitrogens with zero attached hydrogens (tertiary/aromatic N) is 1. The van der Waals surface area contributed by atoms with Crippen LogP contribution in [0, 0.1) is 5.92 Å². The Morgan fingerprint density at radius 1 is 1.61 bits per heavy atom. The summed E-state index contributed by atoms with van der Waals surface area (Å²) < 4.78 is 36.9. The lowest BCUT2D eigenvalue weighted by Crippen LogP contribution is -2.31. The molecule has 1 aromatic rings. The van der Waals surface area contributed by atoms with Gasteiger partial charge in [0.25, 0.3) is 0 Å². The molecule has 100 valence electrons. The van der Waals surface area contributed by atoms with Gasteiger partial charge >= 0.3 is 6.18 Å². The van der Waals surface area contributed by atoms with Crippen LogP contribution in [0.25, 0.3) is 0 Å². The molecule has 1 saturated heterocycles. The number of aromatic nitrogens is 1. The highest BCUT2D eigenvalue weighted by Gasteiger charge is 2.33. The SMILES string of the molecule is O=C(NCc1nc(C(F)(F)F)cs1)C1CCNC1. The zero-order chi connectivity index (χ0) is 13.2. The average Bonchev–Trinajstić information content (AvgIpc) is 2.96. The summed E-state index contributed by atoms with van der Waals surface area (Å²) in [5.41, 5.74) is -0.903. The number of hydrogen-bond donors (Lipinski definition) is 2. The van der Waals surface area contributed by atoms with Crippen LogP contribution >= 0.6 is 11.3 Å². The molecule has 0 spiro atoms. The Morgan fingerprint density at radius 3 is 2.94 bits per heavy atom. The van der Waals surface area contributed by atoms with Crippen molar-refractivity contribution in [3.8, 4) is 0 Å². The Hall–Kier alpha value is -1.15. The molecule has 2 rings (SSSR count). The fourth-order valence-corrected chi connectivity index (χ4v) is 2.45. The average molecular weight is 279 g/mol. The molecule has 0 aliphatic carbocycles. The third-order valence-electron chi connectivity index (χ3n) is 2.69. The first kappa shape index (κ1) is 13.3. The van der Waals surface area contributed by atoms with Crippen molar-refractivity contribution in [2.75, 3.05) is 13.1 Å². The molecule has 0 bridgehead atoms. The molecule has 8 heteroatoms. The van der Waals surface area contributed by atoms with Gasteiger partial charge in [-0.25, -0.2) is 4.98 Å². The van der Waals surface area contributed by atoms with Gasteiger partial charge in [-0.15, -0.1) is 11.3 Å². The lowest BCUT2D eigenvalue weighted by molar-refractivity contribution is -0.140. The minimum absolute atomic E-state index is 0.0517. The van der Waals surface area contributed by atoms with Gasteiger partial charge in [0.15, 0.2) is 5.69 Å². The fourth-order valence-electron chi connectivity index (χ4n) is 1.71. The van der Waals surface area contributed by atoms with Gasteiger partial charge in [-0.2, -0.15) is 13.2 Å². The van der Waals surface area contributed by atoms with E-state index in [2.05, 4.69) is 15.6 Å². The van der Waals surface area contributed by atoms with Gasteiger partial charge in [-0.05, 0) is 13.0 Å². The van der Waals surface area contributed by atoms with Crippen LogP contribution in [0.3, 0.4) is 0 Å². The second-order valence-corrected chi connectivity index (χ2v) is 4.97. The van der Waals surface area contributed by atoms with Crippen molar-refractivity contribution in [3.63, 3.8) is 0 Å². The summed E-state index contributed by atoms with van der Waals surface area (Å²) in [7, 11) is 0. The summed E-state index contributed by atoms with van der Waals surface area (Å²) in [5.74, 6) is -0.226. The number of nitrogens with one attached hydrogen (secondary N) is 2. The predicted molar refractivity (Wildman–Crippen MR) is 59.9 cm³/mol. The zero-order valence-corrected chi connectivity index (χ0v) is 10.2. The van der Waals surface area contributed by atoms with E-state index in [9.17, 15) is 18.0 Å². The van der Waals surface area contributed by atoms with Crippen LogP contribution in [0.2, 0.25) is 0 Å². The zero-order valence-electron chi connectivity index (χ0n) is 9.38. The highest BCUT2D eigenvalue weighted by atomic mass is 32.1. The summed E-state index contributed by atoms with van der Waals surface area (Å²) in [6.07, 6.45) is -3.66. The maximum Gasteiger partial charge on any atom is 0.434 e. The number of hydrogen-bond acceptors (Lipinski definition) is 4. The number of halogens is 3. The van der Waals surface area contributed by atoms with Crippen LogP contribution in [0.1, 0.15) is 17.1 Å². The largest absolute Gasteiger partial charge is 0.434 e. The summed E-state index contributed by atoms with van der Waals surface area (Å²) >= 11 is 0.899. The van der Waals surface area contributed by atoms with Crippen molar-refractivity contribution < 1.29 is 18.0 Å². The monoisotopic (exact) mass is 279 g/mol. The van der Waals surface area contributed by atoms with Crippen molar-refractivity contribution >= 4 is 17.2 Å². The number of amides is 1. The highest BCUT2D eigenvalue weighted by Crippen LogP contribution is 2.29. The first-order valence-corrected chi connectivity index (χ1v) is 6.35. The highest BCUT2D eigenvalue weighted by molar-refractivity contribution is 7.09. The van der Waals surface area contributed by atoms with Gasteiger partial charge in [0, 0.05) is 11.9 Å². The van der Waals surface area contributed by atoms with Crippen LogP contribution in [0.4, 0.5) is 13.2 Å². The maximum atomic E-state index is 12.3. The lowest BCUT2D eigenvalue weighted by atomic mass is 10.1. The minimum Gasteiger partial charge on any atom is -0.349 e. The molecule has 2 N–H and O–H groups in total. The Morgan fingerprint density at radius 2 is 2.39 bits per heavy atom. The fraction of sp³-hybridized carbons (Fsp3) is 0.600. The summed E-state index contributed by atoms with van der Waals surface area (Å²) in [4.78, 5) is 15.1. The first-order valence-electron chi connectivity index (χ1n) is 5.47. The Balaban J connectivity index is 1.86. The molecule has 1 unspecified atom stereocenters. The third kappa shape index (κ3) is 3.20. The number of rotatable bonds is 3. The number of carbonyl (C=O) groups is 1. The van der Waals surface area contributed by atoms with E-state index in [0.717, 1.165) is 29.7 Å². The van der Waals surface area contributed by atoms with Gasteiger partial charge in [-0.3, -0.25) is 4.79 Å². The van der Waals surface area contributed by atoms with Crippen molar-refractivity contribution in [1.29, 1.82) is 0 Å². The molecule has 1 amide bonds. The minimum atomic E-state index is -4.42. The van der Waals surface area contributed by atoms with Crippen molar-refractivity contribution in [3.05, 3.63) is 16.1 Å². The normalized spacial score (nSPS) is 20.1. The third-order valence-corrected chi connectivity index (χ3v) is 3.54. The molecule has 4 nitrogen and oxygen atoms in total. The second-order valence-electron chi connectivity index (χ2n) is 4.03. The first-order chi connectivity index (χ1) is 8.47. The summed E-state index contributed by atoms with van der Waals surface area (Å²) in [6, 6.07) is 0. The smallest absolute Gasteiger partial charge is 0.349 e. The molecule has 1 aliphatic heterocycles. The van der Waals surface area contributed by atoms with E-state index >= 15 is 0 Å². The number of alkyl halides is 3. The lowest BCUT2D eigenvalue weighted by Gasteiger charge is -2.08. The maximum absolute atomic E-state index is 12.3. The van der Waals surface area contributed by atoms with Crippen LogP contribution in [0.5, 0.6) is 0 Å². The molecule has 0 aromatic carbocycles. The van der Waals surface area contributed by atoms with Gasteiger partial charge in [0.05, 0.1) is 12.5 Å². The second kappa shape index (κ2) is 5.23. The number of thiazole rings is 1. The van der Waals surface area contributed by atoms with Crippen molar-refractivity contribution in [2.24, 2.45) is 5.92 Å². The molecular formula is C10H12F3N3OS. The van der Waals surface area contributed by atoms with Crippen molar-refractivity contribution in [1.82, 2.24) is 15.6 Å². The molecule has 1 atom stereocenters. The molecule has 0 radical (unpaired) electrons. The Bertz CT molecular complexity index is 426. The van der Waals surface area contributed by atoms with E-state index in [1.165, 1.54) is 0 Å². The molecule has 1 aliphatic rings.